The van der Waals surface area contributed by atoms with Gasteiger partial charge >= 0.3 is 0 Å². The maximum Gasteiger partial charge on any atom is 0.182 e. The molecule has 0 aliphatic rings. The molecule has 19 heavy (non-hydrogen) atoms. The molecule has 0 radical (unpaired) electrons. The minimum atomic E-state index is -0.221. The summed E-state index contributed by atoms with van der Waals surface area (Å²) in [7, 11) is 0. The zero-order valence-electron chi connectivity index (χ0n) is 10.7. The van der Waals surface area contributed by atoms with Gasteiger partial charge in [0.1, 0.15) is 5.82 Å². The quantitative estimate of drug-likeness (QED) is 0.649. The van der Waals surface area contributed by atoms with E-state index < -0.39 is 0 Å². The van der Waals surface area contributed by atoms with Crippen molar-refractivity contribution < 1.29 is 4.39 Å². The van der Waals surface area contributed by atoms with Gasteiger partial charge in [0, 0.05) is 0 Å². The molecule has 2 aromatic carbocycles. The lowest BCUT2D eigenvalue weighted by molar-refractivity contribution is 0.617. The number of imidazole rings is 1. The number of hydrogen-bond acceptors (Lipinski definition) is 1. The molecule has 0 atom stereocenters. The third-order valence-corrected chi connectivity index (χ3v) is 3.54. The first kappa shape index (κ1) is 12.1. The van der Waals surface area contributed by atoms with Gasteiger partial charge in [0.05, 0.1) is 16.7 Å². The molecule has 4 heteroatoms. The number of halogens is 1. The van der Waals surface area contributed by atoms with Crippen molar-refractivity contribution >= 4 is 23.3 Å². The van der Waals surface area contributed by atoms with Crippen LogP contribution >= 0.6 is 12.2 Å². The number of hydrogen-bond donors (Lipinski definition) is 1. The van der Waals surface area contributed by atoms with Crippen molar-refractivity contribution in [3.05, 3.63) is 58.1 Å². The summed E-state index contributed by atoms with van der Waals surface area (Å²) in [4.78, 5) is 3.16. The van der Waals surface area contributed by atoms with Gasteiger partial charge in [0.2, 0.25) is 0 Å². The van der Waals surface area contributed by atoms with Crippen LogP contribution in [-0.2, 0) is 0 Å². The maximum atomic E-state index is 13.7. The molecule has 0 saturated carbocycles. The van der Waals surface area contributed by atoms with Gasteiger partial charge in [-0.1, -0.05) is 12.1 Å². The van der Waals surface area contributed by atoms with E-state index in [2.05, 4.69) is 4.98 Å². The number of aromatic amines is 1. The molecule has 0 fully saturated rings. The van der Waals surface area contributed by atoms with E-state index in [4.69, 9.17) is 12.2 Å². The van der Waals surface area contributed by atoms with Gasteiger partial charge < -0.3 is 4.98 Å². The largest absolute Gasteiger partial charge is 0.330 e. The Hall–Kier alpha value is -1.94. The SMILES string of the molecule is Cc1ccc2c(c1)[nH]c(=S)n2-c1ccc(C)c(F)c1. The highest BCUT2D eigenvalue weighted by atomic mass is 32.1. The highest BCUT2D eigenvalue weighted by molar-refractivity contribution is 7.71. The van der Waals surface area contributed by atoms with Crippen molar-refractivity contribution in [2.75, 3.05) is 0 Å². The van der Waals surface area contributed by atoms with E-state index in [9.17, 15) is 4.39 Å². The van der Waals surface area contributed by atoms with E-state index in [-0.39, 0.29) is 5.82 Å². The van der Waals surface area contributed by atoms with E-state index in [0.717, 1.165) is 22.3 Å². The first-order valence-electron chi connectivity index (χ1n) is 6.04. The molecule has 0 bridgehead atoms. The van der Waals surface area contributed by atoms with Crippen molar-refractivity contribution in [2.24, 2.45) is 0 Å². The van der Waals surface area contributed by atoms with Crippen LogP contribution in [0.2, 0.25) is 0 Å². The summed E-state index contributed by atoms with van der Waals surface area (Å²) in [5.74, 6) is -0.221. The molecule has 0 aliphatic carbocycles. The van der Waals surface area contributed by atoms with Crippen LogP contribution in [0.25, 0.3) is 16.7 Å². The molecule has 3 rings (SSSR count). The fraction of sp³-hybridized carbons (Fsp3) is 0.133. The van der Waals surface area contributed by atoms with E-state index in [1.807, 2.05) is 35.8 Å². The lowest BCUT2D eigenvalue weighted by Gasteiger charge is -2.06. The van der Waals surface area contributed by atoms with Gasteiger partial charge in [-0.15, -0.1) is 0 Å². The smallest absolute Gasteiger partial charge is 0.182 e. The van der Waals surface area contributed by atoms with Crippen molar-refractivity contribution in [3.63, 3.8) is 0 Å². The highest BCUT2D eigenvalue weighted by Gasteiger charge is 2.08. The standard InChI is InChI=1S/C15H13FN2S/c1-9-3-6-14-13(7-9)17-15(19)18(14)11-5-4-10(2)12(16)8-11/h3-8H,1-2H3,(H,17,19). The first-order valence-corrected chi connectivity index (χ1v) is 6.45. The Morgan fingerprint density at radius 3 is 2.63 bits per heavy atom. The molecular formula is C15H13FN2S. The molecule has 96 valence electrons. The Bertz CT molecular complexity index is 830. The summed E-state index contributed by atoms with van der Waals surface area (Å²) in [6, 6.07) is 11.2. The molecule has 0 unspecified atom stereocenters. The summed E-state index contributed by atoms with van der Waals surface area (Å²) in [5, 5.41) is 0. The van der Waals surface area contributed by atoms with Crippen LogP contribution in [-0.4, -0.2) is 9.55 Å². The van der Waals surface area contributed by atoms with Gasteiger partial charge in [-0.2, -0.15) is 0 Å². The van der Waals surface area contributed by atoms with E-state index in [1.54, 1.807) is 13.0 Å². The minimum Gasteiger partial charge on any atom is -0.330 e. The minimum absolute atomic E-state index is 0.221. The van der Waals surface area contributed by atoms with Gasteiger partial charge in [-0.25, -0.2) is 4.39 Å². The van der Waals surface area contributed by atoms with E-state index in [1.165, 1.54) is 6.07 Å². The summed E-state index contributed by atoms with van der Waals surface area (Å²) in [6.07, 6.45) is 0. The highest BCUT2D eigenvalue weighted by Crippen LogP contribution is 2.22. The Balaban J connectivity index is 2.32. The van der Waals surface area contributed by atoms with E-state index in [0.29, 0.717) is 10.3 Å². The second kappa shape index (κ2) is 4.31. The monoisotopic (exact) mass is 272 g/mol. The Morgan fingerprint density at radius 2 is 1.89 bits per heavy atom. The number of nitrogens with one attached hydrogen (secondary N) is 1. The third kappa shape index (κ3) is 1.98. The zero-order valence-corrected chi connectivity index (χ0v) is 11.5. The first-order chi connectivity index (χ1) is 9.06. The molecule has 1 heterocycles. The van der Waals surface area contributed by atoms with Crippen molar-refractivity contribution in [1.29, 1.82) is 0 Å². The van der Waals surface area contributed by atoms with Crippen molar-refractivity contribution in [3.8, 4) is 5.69 Å². The second-order valence-electron chi connectivity index (χ2n) is 4.72. The lowest BCUT2D eigenvalue weighted by Crippen LogP contribution is -1.95. The Labute approximate surface area is 115 Å². The molecular weight excluding hydrogens is 259 g/mol. The Kier molecular flexibility index (Phi) is 2.75. The van der Waals surface area contributed by atoms with Gasteiger partial charge in [-0.05, 0) is 61.5 Å². The predicted octanol–water partition coefficient (Wildman–Crippen LogP) is 4.44. The summed E-state index contributed by atoms with van der Waals surface area (Å²) >= 11 is 5.34. The number of fused-ring (bicyclic) bond motifs is 1. The van der Waals surface area contributed by atoms with Crippen LogP contribution in [0.3, 0.4) is 0 Å². The molecule has 1 aromatic heterocycles. The zero-order chi connectivity index (χ0) is 13.6. The van der Waals surface area contributed by atoms with Crippen LogP contribution < -0.4 is 0 Å². The number of nitrogens with zero attached hydrogens (tertiary/aromatic N) is 1. The van der Waals surface area contributed by atoms with Crippen molar-refractivity contribution in [1.82, 2.24) is 9.55 Å². The molecule has 0 spiro atoms. The average Bonchev–Trinajstić information content (AvgIpc) is 2.68. The van der Waals surface area contributed by atoms with Crippen LogP contribution in [0, 0.1) is 24.4 Å². The second-order valence-corrected chi connectivity index (χ2v) is 5.11. The van der Waals surface area contributed by atoms with Crippen molar-refractivity contribution in [2.45, 2.75) is 13.8 Å². The van der Waals surface area contributed by atoms with Crippen LogP contribution in [0.15, 0.2) is 36.4 Å². The number of aryl methyl sites for hydroxylation is 2. The fourth-order valence-corrected chi connectivity index (χ4v) is 2.52. The molecule has 1 N–H and O–H groups in total. The van der Waals surface area contributed by atoms with Gasteiger partial charge in [-0.3, -0.25) is 4.57 Å². The molecule has 0 aliphatic heterocycles. The third-order valence-electron chi connectivity index (χ3n) is 3.25. The normalized spacial score (nSPS) is 11.1. The van der Waals surface area contributed by atoms with Gasteiger partial charge in [0.25, 0.3) is 0 Å². The van der Waals surface area contributed by atoms with Gasteiger partial charge in [0.15, 0.2) is 4.77 Å². The molecule has 3 aromatic rings. The number of H-pyrrole nitrogens is 1. The van der Waals surface area contributed by atoms with E-state index >= 15 is 0 Å². The summed E-state index contributed by atoms with van der Waals surface area (Å²) in [6.45, 7) is 3.77. The van der Waals surface area contributed by atoms with Crippen LogP contribution in [0.5, 0.6) is 0 Å². The topological polar surface area (TPSA) is 20.7 Å². The summed E-state index contributed by atoms with van der Waals surface area (Å²) in [5.41, 5.74) is 4.45. The molecule has 0 amide bonds. The maximum absolute atomic E-state index is 13.7. The fourth-order valence-electron chi connectivity index (χ4n) is 2.20. The Morgan fingerprint density at radius 1 is 1.11 bits per heavy atom. The lowest BCUT2D eigenvalue weighted by atomic mass is 10.2. The summed E-state index contributed by atoms with van der Waals surface area (Å²) < 4.78 is 16.1. The molecule has 2 nitrogen and oxygen atoms in total. The van der Waals surface area contributed by atoms with Crippen LogP contribution in [0.4, 0.5) is 4.39 Å². The number of aromatic nitrogens is 2. The number of rotatable bonds is 1. The predicted molar refractivity (Wildman–Crippen MR) is 77.9 cm³/mol. The molecule has 0 saturated heterocycles. The average molecular weight is 272 g/mol. The number of benzene rings is 2. The van der Waals surface area contributed by atoms with Crippen LogP contribution in [0.1, 0.15) is 11.1 Å².